The summed E-state index contributed by atoms with van der Waals surface area (Å²) in [5.41, 5.74) is 3.09. The molecule has 0 fully saturated rings. The highest BCUT2D eigenvalue weighted by Crippen LogP contribution is 2.20. The van der Waals surface area contributed by atoms with Crippen molar-refractivity contribution in [3.05, 3.63) is 102 Å². The zero-order valence-corrected chi connectivity index (χ0v) is 33.6. The van der Waals surface area contributed by atoms with Crippen LogP contribution >= 0.6 is 0 Å². The van der Waals surface area contributed by atoms with Gasteiger partial charge >= 0.3 is 0 Å². The Balaban J connectivity index is 2.17. The van der Waals surface area contributed by atoms with E-state index in [1.54, 1.807) is 49.5 Å². The van der Waals surface area contributed by atoms with Gasteiger partial charge in [-0.3, -0.25) is 19.2 Å². The van der Waals surface area contributed by atoms with Gasteiger partial charge in [-0.15, -0.1) is 12.3 Å². The lowest BCUT2D eigenvalue weighted by Crippen LogP contribution is -2.52. The highest BCUT2D eigenvalue weighted by Gasteiger charge is 2.32. The Bertz CT molecular complexity index is 1720. The first-order valence-electron chi connectivity index (χ1n) is 19.3. The number of rotatable bonds is 22. The molecule has 0 saturated carbocycles. The second-order valence-corrected chi connectivity index (χ2v) is 13.6. The average molecular weight is 749 g/mol. The number of hydrogen-bond donors (Lipinski definition) is 2. The first-order chi connectivity index (χ1) is 26.5. The molecule has 1 heterocycles. The van der Waals surface area contributed by atoms with Gasteiger partial charge in [0, 0.05) is 32.4 Å². The van der Waals surface area contributed by atoms with Gasteiger partial charge in [-0.05, 0) is 66.5 Å². The average Bonchev–Trinajstić information content (AvgIpc) is 3.16. The highest BCUT2D eigenvalue weighted by molar-refractivity contribution is 6.01. The summed E-state index contributed by atoms with van der Waals surface area (Å²) in [7, 11) is 1.67. The molecule has 10 heteroatoms. The molecule has 55 heavy (non-hydrogen) atoms. The molecule has 0 aliphatic rings. The first-order valence-corrected chi connectivity index (χ1v) is 19.3. The summed E-state index contributed by atoms with van der Waals surface area (Å²) in [6.45, 7) is 14.0. The number of aliphatic imine (C=N–C) groups is 1. The second kappa shape index (κ2) is 25.5. The number of pyridine rings is 1. The number of terminal acetylenes is 1. The van der Waals surface area contributed by atoms with Gasteiger partial charge < -0.3 is 20.4 Å². The smallest absolute Gasteiger partial charge is 0.248 e. The summed E-state index contributed by atoms with van der Waals surface area (Å²) < 4.78 is 0. The molecule has 294 valence electrons. The van der Waals surface area contributed by atoms with Crippen LogP contribution in [0.4, 0.5) is 5.82 Å². The fourth-order valence-corrected chi connectivity index (χ4v) is 6.01. The summed E-state index contributed by atoms with van der Waals surface area (Å²) in [5.74, 6) is 2.31. The van der Waals surface area contributed by atoms with Gasteiger partial charge in [0.2, 0.25) is 23.6 Å². The summed E-state index contributed by atoms with van der Waals surface area (Å²) in [6, 6.07) is 12.2. The predicted octanol–water partition coefficient (Wildman–Crippen LogP) is 7.91. The number of nitrogens with one attached hydrogen (secondary N) is 2. The number of carbonyl (C=O) groups is 4. The van der Waals surface area contributed by atoms with E-state index in [1.807, 2.05) is 62.4 Å². The summed E-state index contributed by atoms with van der Waals surface area (Å²) >= 11 is 0. The van der Waals surface area contributed by atoms with Crippen molar-refractivity contribution >= 4 is 40.9 Å². The predicted molar refractivity (Wildman–Crippen MR) is 225 cm³/mol. The highest BCUT2D eigenvalue weighted by atomic mass is 16.2. The molecule has 1 aromatic carbocycles. The molecule has 0 saturated heterocycles. The Morgan fingerprint density at radius 2 is 1.78 bits per heavy atom. The maximum Gasteiger partial charge on any atom is 0.248 e. The molecule has 4 amide bonds. The fraction of sp³-hybridized carbons (Fsp3) is 0.422. The van der Waals surface area contributed by atoms with E-state index in [9.17, 15) is 19.2 Å². The van der Waals surface area contributed by atoms with Crippen molar-refractivity contribution in [3.63, 3.8) is 0 Å². The van der Waals surface area contributed by atoms with Gasteiger partial charge in [0.05, 0.1) is 19.4 Å². The number of nitrogens with zero attached hydrogens (tertiary/aromatic N) is 4. The van der Waals surface area contributed by atoms with Gasteiger partial charge in [0.25, 0.3) is 0 Å². The topological polar surface area (TPSA) is 124 Å². The van der Waals surface area contributed by atoms with Crippen LogP contribution in [0.3, 0.4) is 0 Å². The van der Waals surface area contributed by atoms with Crippen molar-refractivity contribution in [1.29, 1.82) is 0 Å². The van der Waals surface area contributed by atoms with E-state index in [-0.39, 0.29) is 55.4 Å². The molecule has 2 rings (SSSR count). The number of amides is 4. The third-order valence-corrected chi connectivity index (χ3v) is 8.95. The molecule has 1 aromatic heterocycles. The van der Waals surface area contributed by atoms with Crippen LogP contribution in [0.15, 0.2) is 96.3 Å². The first kappa shape index (κ1) is 45.6. The normalized spacial score (nSPS) is 13.1. The molecule has 0 bridgehead atoms. The Hall–Kier alpha value is -5.56. The number of carbonyl (C=O) groups excluding carboxylic acids is 4. The van der Waals surface area contributed by atoms with Crippen LogP contribution in [0.1, 0.15) is 97.1 Å². The number of benzene rings is 1. The summed E-state index contributed by atoms with van der Waals surface area (Å²) in [5, 5.41) is 5.69. The van der Waals surface area contributed by atoms with Gasteiger partial charge in [0.1, 0.15) is 17.7 Å². The number of amidine groups is 1. The number of aromatic nitrogens is 1. The quantitative estimate of drug-likeness (QED) is 0.0417. The molecule has 0 radical (unpaired) electrons. The number of unbranched alkanes of at least 4 members (excludes halogenated alkanes) is 2. The molecule has 2 unspecified atom stereocenters. The number of allylic oxidation sites excluding steroid dienone is 5. The largest absolute Gasteiger partial charge is 0.333 e. The minimum absolute atomic E-state index is 0.0786. The van der Waals surface area contributed by atoms with E-state index in [4.69, 9.17) is 6.42 Å². The van der Waals surface area contributed by atoms with Crippen LogP contribution in [0.2, 0.25) is 0 Å². The summed E-state index contributed by atoms with van der Waals surface area (Å²) in [6.07, 6.45) is 22.1. The zero-order chi connectivity index (χ0) is 40.6. The molecule has 0 spiro atoms. The van der Waals surface area contributed by atoms with Crippen molar-refractivity contribution in [2.45, 2.75) is 98.4 Å². The van der Waals surface area contributed by atoms with Crippen LogP contribution in [-0.2, 0) is 25.6 Å². The SMILES string of the molecule is C#CC/C(=C\N=C(/C)NC(=O)C(C(C)CCC)N(C)C(=O)Cc1ccccc1)c1ccc(NC(=O)CN(CCCCC)C(=O)CC(/C=C\CC)=C/C=C)nc1. The fourth-order valence-electron chi connectivity index (χ4n) is 6.01. The van der Waals surface area contributed by atoms with Crippen molar-refractivity contribution in [2.24, 2.45) is 10.9 Å². The van der Waals surface area contributed by atoms with E-state index in [0.29, 0.717) is 29.3 Å². The maximum atomic E-state index is 13.6. The minimum Gasteiger partial charge on any atom is -0.333 e. The van der Waals surface area contributed by atoms with E-state index < -0.39 is 6.04 Å². The van der Waals surface area contributed by atoms with Gasteiger partial charge in [-0.2, -0.15) is 0 Å². The monoisotopic (exact) mass is 748 g/mol. The summed E-state index contributed by atoms with van der Waals surface area (Å²) in [4.78, 5) is 65.3. The van der Waals surface area contributed by atoms with Gasteiger partial charge in [0.15, 0.2) is 0 Å². The number of likely N-dealkylation sites (N-methyl/N-ethyl adjacent to an activating group) is 1. The Morgan fingerprint density at radius 1 is 1.04 bits per heavy atom. The molecular weight excluding hydrogens is 689 g/mol. The van der Waals surface area contributed by atoms with Crippen LogP contribution in [0, 0.1) is 18.3 Å². The van der Waals surface area contributed by atoms with Crippen molar-refractivity contribution < 1.29 is 19.2 Å². The van der Waals surface area contributed by atoms with Crippen LogP contribution < -0.4 is 10.6 Å². The number of hydrogen-bond acceptors (Lipinski definition) is 6. The molecule has 0 aliphatic carbocycles. The molecule has 10 nitrogen and oxygen atoms in total. The van der Waals surface area contributed by atoms with Gasteiger partial charge in [-0.25, -0.2) is 9.98 Å². The van der Waals surface area contributed by atoms with Crippen LogP contribution in [-0.4, -0.2) is 70.4 Å². The van der Waals surface area contributed by atoms with Crippen LogP contribution in [0.25, 0.3) is 5.57 Å². The van der Waals surface area contributed by atoms with E-state index in [0.717, 1.165) is 49.7 Å². The lowest BCUT2D eigenvalue weighted by Gasteiger charge is -2.32. The lowest BCUT2D eigenvalue weighted by atomic mass is 9.94. The minimum atomic E-state index is -0.682. The van der Waals surface area contributed by atoms with Gasteiger partial charge in [-0.1, -0.05) is 108 Å². The van der Waals surface area contributed by atoms with E-state index in [1.165, 1.54) is 4.90 Å². The molecular formula is C45H60N6O4. The number of anilines is 1. The van der Waals surface area contributed by atoms with Crippen molar-refractivity contribution in [2.75, 3.05) is 25.5 Å². The van der Waals surface area contributed by atoms with Crippen LogP contribution in [0.5, 0.6) is 0 Å². The van der Waals surface area contributed by atoms with E-state index in [2.05, 4.69) is 47.0 Å². The van der Waals surface area contributed by atoms with Crippen molar-refractivity contribution in [3.8, 4) is 12.3 Å². The standard InChI is InChI=1S/C45H60N6O4/c1-9-14-19-28-51(43(54)30-36(21-12-4)23-15-10-2)33-41(52)49-40-27-26-39(32-47-40)38(22-13-5)31-46-35(7)48-45(55)44(34(6)20-11-3)50(8)42(53)29-37-24-17-16-18-25-37/h5,12,15-18,21,23-27,31-32,34,44H,4,9-11,14,19-20,22,28-30,33H2,1-3,6-8H3,(H,46,48,55)(H,47,49,52)/b23-15-,36-21+,38-31+. The second-order valence-electron chi connectivity index (χ2n) is 13.6. The Kier molecular flexibility index (Phi) is 21.1. The van der Waals surface area contributed by atoms with E-state index >= 15 is 0 Å². The third kappa shape index (κ3) is 16.6. The Morgan fingerprint density at radius 3 is 2.40 bits per heavy atom. The molecule has 2 atom stereocenters. The zero-order valence-electron chi connectivity index (χ0n) is 33.6. The maximum absolute atomic E-state index is 13.6. The molecule has 0 aliphatic heterocycles. The molecule has 2 N–H and O–H groups in total. The Labute approximate surface area is 329 Å². The third-order valence-electron chi connectivity index (χ3n) is 8.95. The molecule has 2 aromatic rings. The lowest BCUT2D eigenvalue weighted by molar-refractivity contribution is -0.139. The van der Waals surface area contributed by atoms with Crippen molar-refractivity contribution in [1.82, 2.24) is 20.1 Å².